The molecule has 0 unspecified atom stereocenters. The van der Waals surface area contributed by atoms with Gasteiger partial charge in [-0.05, 0) is 223 Å². The molecule has 0 atom stereocenters. The topological polar surface area (TPSA) is 103 Å². The highest BCUT2D eigenvalue weighted by molar-refractivity contribution is 9.11. The molecule has 8 nitrogen and oxygen atoms in total. The van der Waals surface area contributed by atoms with Gasteiger partial charge in [0.15, 0.2) is 0 Å². The number of hydrogen-bond acceptors (Lipinski definition) is 8. The van der Waals surface area contributed by atoms with Crippen LogP contribution in [0, 0.1) is 0 Å². The predicted molar refractivity (Wildman–Crippen MR) is 525 cm³/mol. The van der Waals surface area contributed by atoms with Crippen molar-refractivity contribution in [2.24, 2.45) is 0 Å². The van der Waals surface area contributed by atoms with Crippen molar-refractivity contribution in [3.63, 3.8) is 0 Å². The SMILES string of the molecule is Brc1ccc(-c2ccc(-c3ccccn3)nc2-c2ccc(Br)c3ccccc23)c2ccccc12.Brc1cccc(-c2ccc(-c3ccccn3)nc2-c2cccc(Br)c2)c1.Brc1cccc2c(-c3ccc(-c4ccccn4)nc3-c3cccc4c(Br)cccc34)cccc12.Brc1ccccc1-c1ccc(-c2ccccn2)nc1-c1ccccc1Br. The van der Waals surface area contributed by atoms with Crippen LogP contribution in [0.15, 0.2) is 425 Å². The van der Waals surface area contributed by atoms with E-state index in [1.54, 1.807) is 12.4 Å². The minimum atomic E-state index is 0.854. The van der Waals surface area contributed by atoms with Crippen molar-refractivity contribution in [1.29, 1.82) is 0 Å². The monoisotopic (exact) mass is 2060 g/mol. The molecule has 0 aliphatic carbocycles. The van der Waals surface area contributed by atoms with Crippen LogP contribution in [-0.2, 0) is 0 Å². The summed E-state index contributed by atoms with van der Waals surface area (Å²) in [5, 5.41) is 9.38. The Morgan fingerprint density at radius 2 is 0.425 bits per heavy atom. The molecular weight excluding hydrogens is 2000 g/mol. The quantitative estimate of drug-likeness (QED) is 0.119. The second-order valence-electron chi connectivity index (χ2n) is 27.8. The summed E-state index contributed by atoms with van der Waals surface area (Å²) in [5.41, 5.74) is 23.8. The maximum Gasteiger partial charge on any atom is 0.0894 e. The van der Waals surface area contributed by atoms with E-state index in [0.717, 1.165) is 192 Å². The van der Waals surface area contributed by atoms with Crippen molar-refractivity contribution in [2.75, 3.05) is 0 Å². The number of halogens is 8. The molecule has 20 aromatic rings. The van der Waals surface area contributed by atoms with Gasteiger partial charge in [0.25, 0.3) is 0 Å². The molecule has 0 amide bonds. The first-order chi connectivity index (χ1) is 58.8. The van der Waals surface area contributed by atoms with E-state index in [4.69, 9.17) is 19.9 Å². The summed E-state index contributed by atoms with van der Waals surface area (Å²) in [6, 6.07) is 124. The van der Waals surface area contributed by atoms with Crippen molar-refractivity contribution < 1.29 is 0 Å². The first-order valence-corrected chi connectivity index (χ1v) is 44.6. The van der Waals surface area contributed by atoms with Crippen molar-refractivity contribution >= 4 is 171 Å². The Labute approximate surface area is 762 Å². The summed E-state index contributed by atoms with van der Waals surface area (Å²) < 4.78 is 8.44. The van der Waals surface area contributed by atoms with Crippen LogP contribution in [0.25, 0.3) is 178 Å². The lowest BCUT2D eigenvalue weighted by Crippen LogP contribution is -1.95. The van der Waals surface area contributed by atoms with Crippen LogP contribution in [0.4, 0.5) is 0 Å². The van der Waals surface area contributed by atoms with Gasteiger partial charge in [-0.1, -0.05) is 334 Å². The summed E-state index contributed by atoms with van der Waals surface area (Å²) in [7, 11) is 0. The highest BCUT2D eigenvalue weighted by atomic mass is 79.9. The summed E-state index contributed by atoms with van der Waals surface area (Å²) in [4.78, 5) is 38.3. The zero-order valence-corrected chi connectivity index (χ0v) is 76.2. The lowest BCUT2D eigenvalue weighted by molar-refractivity contribution is 1.25. The third-order valence-corrected chi connectivity index (χ3v) is 25.5. The zero-order chi connectivity index (χ0) is 82.0. The molecule has 0 saturated carbocycles. The molecule has 120 heavy (non-hydrogen) atoms. The molecule has 16 heteroatoms. The van der Waals surface area contributed by atoms with E-state index in [2.05, 4.69) is 366 Å². The second-order valence-corrected chi connectivity index (χ2v) is 34.7. The molecule has 20 rings (SSSR count). The average Bonchev–Trinajstić information content (AvgIpc) is 0.758. The molecule has 12 aromatic carbocycles. The molecule has 8 aromatic heterocycles. The Hall–Kier alpha value is -11.3. The van der Waals surface area contributed by atoms with Gasteiger partial charge in [-0.15, -0.1) is 0 Å². The first kappa shape index (κ1) is 81.1. The number of hydrogen-bond donors (Lipinski definition) is 0. The van der Waals surface area contributed by atoms with Gasteiger partial charge in [0, 0.05) is 105 Å². The summed E-state index contributed by atoms with van der Waals surface area (Å²) in [5.74, 6) is 0. The van der Waals surface area contributed by atoms with Gasteiger partial charge >= 0.3 is 0 Å². The third-order valence-electron chi connectivity index (χ3n) is 20.4. The summed E-state index contributed by atoms with van der Waals surface area (Å²) >= 11 is 29.4. The molecule has 0 fully saturated rings. The fourth-order valence-corrected chi connectivity index (χ4v) is 18.5. The van der Waals surface area contributed by atoms with E-state index >= 15 is 0 Å². The average molecular weight is 2060 g/mol. The predicted octanol–water partition coefficient (Wildman–Crippen LogP) is 32.6. The van der Waals surface area contributed by atoms with Gasteiger partial charge in [-0.3, -0.25) is 19.9 Å². The molecule has 0 N–H and O–H groups in total. The lowest BCUT2D eigenvalue weighted by atomic mass is 9.92. The number of nitrogens with zero attached hydrogens (tertiary/aromatic N) is 8. The fraction of sp³-hybridized carbons (Fsp3) is 0. The third kappa shape index (κ3) is 17.8. The van der Waals surface area contributed by atoms with Crippen LogP contribution < -0.4 is 0 Å². The van der Waals surface area contributed by atoms with E-state index < -0.39 is 0 Å². The van der Waals surface area contributed by atoms with Crippen LogP contribution in [0.3, 0.4) is 0 Å². The first-order valence-electron chi connectivity index (χ1n) is 38.3. The van der Waals surface area contributed by atoms with Crippen LogP contribution in [-0.4, -0.2) is 39.9 Å². The Balaban J connectivity index is 0.000000115. The van der Waals surface area contributed by atoms with E-state index in [0.29, 0.717) is 0 Å². The molecule has 0 spiro atoms. The Kier molecular flexibility index (Phi) is 25.4. The molecule has 0 radical (unpaired) electrons. The minimum Gasteiger partial charge on any atom is -0.255 e. The number of pyridine rings is 8. The zero-order valence-electron chi connectivity index (χ0n) is 63.6. The van der Waals surface area contributed by atoms with Crippen LogP contribution in [0.5, 0.6) is 0 Å². The van der Waals surface area contributed by atoms with E-state index in [1.165, 1.54) is 21.5 Å². The Bertz CT molecular complexity index is 7010. The maximum absolute atomic E-state index is 5.21. The Morgan fingerprint density at radius 1 is 0.150 bits per heavy atom. The van der Waals surface area contributed by atoms with Crippen molar-refractivity contribution in [3.8, 4) is 135 Å². The van der Waals surface area contributed by atoms with E-state index in [9.17, 15) is 0 Å². The molecular formula is C104H64Br8N8. The number of rotatable bonds is 12. The molecule has 0 saturated heterocycles. The molecule has 8 heterocycles. The highest BCUT2D eigenvalue weighted by Gasteiger charge is 2.22. The maximum atomic E-state index is 5.21. The smallest absolute Gasteiger partial charge is 0.0894 e. The van der Waals surface area contributed by atoms with Gasteiger partial charge in [-0.2, -0.15) is 0 Å². The van der Waals surface area contributed by atoms with Crippen molar-refractivity contribution in [1.82, 2.24) is 39.9 Å². The number of benzene rings is 12. The van der Waals surface area contributed by atoms with E-state index in [-0.39, 0.29) is 0 Å². The van der Waals surface area contributed by atoms with Gasteiger partial charge < -0.3 is 0 Å². The molecule has 0 aliphatic rings. The van der Waals surface area contributed by atoms with Gasteiger partial charge in [0.1, 0.15) is 0 Å². The van der Waals surface area contributed by atoms with Crippen LogP contribution in [0.1, 0.15) is 0 Å². The largest absolute Gasteiger partial charge is 0.255 e. The normalized spacial score (nSPS) is 11.0. The number of fused-ring (bicyclic) bond motifs is 4. The van der Waals surface area contributed by atoms with Crippen LogP contribution in [0.2, 0.25) is 0 Å². The lowest BCUT2D eigenvalue weighted by Gasteiger charge is -2.16. The number of aromatic nitrogens is 8. The minimum absolute atomic E-state index is 0.854. The summed E-state index contributed by atoms with van der Waals surface area (Å²) in [6.07, 6.45) is 7.19. The van der Waals surface area contributed by atoms with Gasteiger partial charge in [0.2, 0.25) is 0 Å². The second kappa shape index (κ2) is 37.6. The molecule has 0 bridgehead atoms. The van der Waals surface area contributed by atoms with Crippen LogP contribution >= 0.6 is 127 Å². The Morgan fingerprint density at radius 3 is 0.867 bits per heavy atom. The van der Waals surface area contributed by atoms with Crippen molar-refractivity contribution in [2.45, 2.75) is 0 Å². The highest BCUT2D eigenvalue weighted by Crippen LogP contribution is 2.46. The van der Waals surface area contributed by atoms with E-state index in [1.807, 2.05) is 158 Å². The van der Waals surface area contributed by atoms with Gasteiger partial charge in [0.05, 0.1) is 68.3 Å². The summed E-state index contributed by atoms with van der Waals surface area (Å²) in [6.45, 7) is 0. The van der Waals surface area contributed by atoms with Crippen molar-refractivity contribution in [3.05, 3.63) is 425 Å². The molecule has 576 valence electrons. The standard InChI is InChI=1S/2C30H18Br2N2.2C22H14Br2N2/c31-26-15-12-21(19-7-1-3-9-22(19)26)25-14-17-29(28-11-5-6-18-33-28)34-30(25)24-13-16-27(32)23-10-4-2-8-20(23)24;31-26-13-5-8-19-20(7-3-10-22(19)26)25-16-17-29(28-15-1-2-18-33-28)34-30(25)24-12-4-11-23-21(24)9-6-14-27(23)32;23-18-9-3-1-7-15(18)16-12-13-21(20-11-5-6-14-25-20)26-22(16)17-8-2-4-10-19(17)24;23-17-7-3-5-15(13-17)19-10-11-21(20-9-1-2-12-25-20)26-22(19)16-6-4-8-18(24)14-16/h2*1-18H;2*1-14H. The van der Waals surface area contributed by atoms with Gasteiger partial charge in [-0.25, -0.2) is 19.9 Å². The fourth-order valence-electron chi connectivity index (χ4n) is 14.8. The molecule has 0 aliphatic heterocycles.